The summed E-state index contributed by atoms with van der Waals surface area (Å²) in [6.45, 7) is 6.54. The van der Waals surface area contributed by atoms with Crippen molar-refractivity contribution in [1.82, 2.24) is 4.90 Å². The molecule has 0 fully saturated rings. The second kappa shape index (κ2) is 10.5. The molecule has 0 aromatic heterocycles. The molecule has 0 bridgehead atoms. The Labute approximate surface area is 218 Å². The van der Waals surface area contributed by atoms with Gasteiger partial charge in [0.2, 0.25) is 5.91 Å². The number of carbonyl (C=O) groups is 2. The Balaban J connectivity index is 1.59. The minimum absolute atomic E-state index is 0.0361. The maximum absolute atomic E-state index is 11.6. The number of carboxylic acid groups (broad SMARTS) is 1. The van der Waals surface area contributed by atoms with Gasteiger partial charge in [0, 0.05) is 26.1 Å². The number of fused-ring (bicyclic) bond motifs is 1. The smallest absolute Gasteiger partial charge is 0.335 e. The molecule has 1 aliphatic carbocycles. The maximum atomic E-state index is 11.6. The van der Waals surface area contributed by atoms with Crippen LogP contribution in [0, 0.1) is 11.8 Å². The van der Waals surface area contributed by atoms with E-state index >= 15 is 0 Å². The van der Waals surface area contributed by atoms with Gasteiger partial charge < -0.3 is 15.1 Å². The summed E-state index contributed by atoms with van der Waals surface area (Å²) >= 11 is 0. The lowest BCUT2D eigenvalue weighted by Crippen LogP contribution is -2.23. The fourth-order valence-electron chi connectivity index (χ4n) is 4.48. The average molecular weight is 494 g/mol. The fourth-order valence-corrected chi connectivity index (χ4v) is 4.48. The number of rotatable bonds is 5. The van der Waals surface area contributed by atoms with Gasteiger partial charge in [-0.2, -0.15) is 0 Å². The van der Waals surface area contributed by atoms with Gasteiger partial charge in [-0.25, -0.2) is 4.79 Å². The van der Waals surface area contributed by atoms with Crippen molar-refractivity contribution in [3.8, 4) is 11.8 Å². The molecule has 37 heavy (non-hydrogen) atoms. The van der Waals surface area contributed by atoms with Gasteiger partial charge in [0.25, 0.3) is 0 Å². The van der Waals surface area contributed by atoms with Gasteiger partial charge in [0.15, 0.2) is 0 Å². The molecule has 0 spiro atoms. The molecule has 188 valence electrons. The number of amides is 1. The molecule has 1 amide bonds. The molecular formula is C32H31NO4. The van der Waals surface area contributed by atoms with Crippen molar-refractivity contribution >= 4 is 17.4 Å². The SMILES string of the molecule is CC(=O)N(C)Cc1ccc(C2=CCC(C)(C)c3cc(C(O)C#Cc4ccc(C(=O)O)cc4)ccc32)cc1. The molecule has 5 heteroatoms. The number of hydrogen-bond acceptors (Lipinski definition) is 3. The summed E-state index contributed by atoms with van der Waals surface area (Å²) in [5.74, 6) is 4.88. The first-order chi connectivity index (χ1) is 17.5. The van der Waals surface area contributed by atoms with Crippen LogP contribution < -0.4 is 0 Å². The number of benzene rings is 3. The van der Waals surface area contributed by atoms with Gasteiger partial charge in [-0.3, -0.25) is 4.79 Å². The van der Waals surface area contributed by atoms with Gasteiger partial charge in [0.05, 0.1) is 5.56 Å². The number of nitrogens with zero attached hydrogens (tertiary/aromatic N) is 1. The van der Waals surface area contributed by atoms with Crippen LogP contribution in [0.4, 0.5) is 0 Å². The number of aliphatic hydroxyl groups excluding tert-OH is 1. The molecule has 0 saturated carbocycles. The van der Waals surface area contributed by atoms with Gasteiger partial charge in [-0.05, 0) is 69.5 Å². The van der Waals surface area contributed by atoms with Crippen molar-refractivity contribution in [2.24, 2.45) is 0 Å². The van der Waals surface area contributed by atoms with E-state index in [4.69, 9.17) is 5.11 Å². The highest BCUT2D eigenvalue weighted by Gasteiger charge is 2.29. The van der Waals surface area contributed by atoms with Crippen molar-refractivity contribution in [2.75, 3.05) is 7.05 Å². The van der Waals surface area contributed by atoms with Crippen LogP contribution >= 0.6 is 0 Å². The highest BCUT2D eigenvalue weighted by atomic mass is 16.4. The first-order valence-electron chi connectivity index (χ1n) is 12.2. The molecule has 5 nitrogen and oxygen atoms in total. The van der Waals surface area contributed by atoms with Crippen LogP contribution in [0.5, 0.6) is 0 Å². The highest BCUT2D eigenvalue weighted by molar-refractivity contribution is 5.87. The molecule has 3 aromatic rings. The summed E-state index contributed by atoms with van der Waals surface area (Å²) in [4.78, 5) is 24.3. The van der Waals surface area contributed by atoms with E-state index in [2.05, 4.69) is 62.1 Å². The van der Waals surface area contributed by atoms with Crippen molar-refractivity contribution in [1.29, 1.82) is 0 Å². The number of aliphatic hydroxyl groups is 1. The minimum atomic E-state index is -0.985. The standard InChI is InChI=1S/C32H31NO4/c1-21(34)33(4)20-23-7-10-24(11-8-23)27-17-18-32(2,3)29-19-26(14-15-28(27)29)30(35)16-9-22-5-12-25(13-6-22)31(36)37/h5-8,10-15,17,19,30,35H,18,20H2,1-4H3,(H,36,37). The lowest BCUT2D eigenvalue weighted by Gasteiger charge is -2.33. The summed E-state index contributed by atoms with van der Waals surface area (Å²) in [6, 6.07) is 20.6. The minimum Gasteiger partial charge on any atom is -0.478 e. The van der Waals surface area contributed by atoms with Crippen LogP contribution in [0.1, 0.15) is 77.0 Å². The lowest BCUT2D eigenvalue weighted by molar-refractivity contribution is -0.128. The monoisotopic (exact) mass is 493 g/mol. The Kier molecular flexibility index (Phi) is 7.33. The molecule has 1 atom stereocenters. The van der Waals surface area contributed by atoms with Crippen LogP contribution in [0.25, 0.3) is 5.57 Å². The summed E-state index contributed by atoms with van der Waals surface area (Å²) in [5.41, 5.74) is 7.12. The van der Waals surface area contributed by atoms with E-state index < -0.39 is 12.1 Å². The molecule has 0 radical (unpaired) electrons. The predicted molar refractivity (Wildman–Crippen MR) is 145 cm³/mol. The number of aromatic carboxylic acids is 1. The van der Waals surface area contributed by atoms with E-state index in [1.54, 1.807) is 31.0 Å². The number of carbonyl (C=O) groups excluding carboxylic acids is 1. The largest absolute Gasteiger partial charge is 0.478 e. The molecule has 2 N–H and O–H groups in total. The van der Waals surface area contributed by atoms with E-state index in [1.165, 1.54) is 12.1 Å². The van der Waals surface area contributed by atoms with E-state index in [0.29, 0.717) is 12.1 Å². The lowest BCUT2D eigenvalue weighted by atomic mass is 9.71. The Morgan fingerprint density at radius 3 is 2.32 bits per heavy atom. The highest BCUT2D eigenvalue weighted by Crippen LogP contribution is 2.42. The predicted octanol–water partition coefficient (Wildman–Crippen LogP) is 5.56. The van der Waals surface area contributed by atoms with Crippen LogP contribution in [0.2, 0.25) is 0 Å². The Bertz CT molecular complexity index is 1420. The maximum Gasteiger partial charge on any atom is 0.335 e. The third-order valence-corrected chi connectivity index (χ3v) is 6.90. The Morgan fingerprint density at radius 1 is 1.03 bits per heavy atom. The van der Waals surface area contributed by atoms with E-state index in [9.17, 15) is 14.7 Å². The molecule has 1 unspecified atom stereocenters. The summed E-state index contributed by atoms with van der Waals surface area (Å²) < 4.78 is 0. The number of allylic oxidation sites excluding steroid dienone is 1. The van der Waals surface area contributed by atoms with Crippen molar-refractivity contribution in [2.45, 2.75) is 45.3 Å². The fraction of sp³-hybridized carbons (Fsp3) is 0.250. The first kappa shape index (κ1) is 25.9. The Hall–Kier alpha value is -4.14. The van der Waals surface area contributed by atoms with E-state index in [-0.39, 0.29) is 16.9 Å². The average Bonchev–Trinajstić information content (AvgIpc) is 2.88. The third-order valence-electron chi connectivity index (χ3n) is 6.90. The van der Waals surface area contributed by atoms with E-state index in [1.807, 2.05) is 12.1 Å². The zero-order valence-corrected chi connectivity index (χ0v) is 21.6. The first-order valence-corrected chi connectivity index (χ1v) is 12.2. The van der Waals surface area contributed by atoms with Crippen LogP contribution in [0.3, 0.4) is 0 Å². The molecule has 4 rings (SSSR count). The molecule has 1 aliphatic rings. The van der Waals surface area contributed by atoms with Gasteiger partial charge in [-0.15, -0.1) is 0 Å². The molecule has 3 aromatic carbocycles. The van der Waals surface area contributed by atoms with Crippen LogP contribution in [0.15, 0.2) is 72.8 Å². The number of carboxylic acids is 1. The summed E-state index contributed by atoms with van der Waals surface area (Å²) in [7, 11) is 1.80. The van der Waals surface area contributed by atoms with Gasteiger partial charge in [-0.1, -0.05) is 74.2 Å². The summed E-state index contributed by atoms with van der Waals surface area (Å²) in [5, 5.41) is 19.9. The molecular weight excluding hydrogens is 462 g/mol. The molecule has 0 saturated heterocycles. The summed E-state index contributed by atoms with van der Waals surface area (Å²) in [6.07, 6.45) is 2.17. The third kappa shape index (κ3) is 5.82. The van der Waals surface area contributed by atoms with E-state index in [0.717, 1.165) is 39.8 Å². The zero-order chi connectivity index (χ0) is 26.7. The van der Waals surface area contributed by atoms with Gasteiger partial charge >= 0.3 is 5.97 Å². The van der Waals surface area contributed by atoms with Crippen molar-refractivity contribution in [3.05, 3.63) is 112 Å². The normalized spacial score (nSPS) is 14.5. The van der Waals surface area contributed by atoms with Crippen molar-refractivity contribution in [3.63, 3.8) is 0 Å². The second-order valence-corrected chi connectivity index (χ2v) is 10.1. The molecule has 0 aliphatic heterocycles. The quantitative estimate of drug-likeness (QED) is 0.456. The Morgan fingerprint density at radius 2 is 1.70 bits per heavy atom. The molecule has 0 heterocycles. The zero-order valence-electron chi connectivity index (χ0n) is 21.6. The topological polar surface area (TPSA) is 77.8 Å². The second-order valence-electron chi connectivity index (χ2n) is 10.1. The van der Waals surface area contributed by atoms with Crippen LogP contribution in [-0.4, -0.2) is 34.0 Å². The number of hydrogen-bond donors (Lipinski definition) is 2. The van der Waals surface area contributed by atoms with Crippen LogP contribution in [-0.2, 0) is 16.8 Å². The van der Waals surface area contributed by atoms with Crippen molar-refractivity contribution < 1.29 is 19.8 Å². The van der Waals surface area contributed by atoms with Gasteiger partial charge in [0.1, 0.15) is 6.10 Å².